The fourth-order valence-electron chi connectivity index (χ4n) is 4.86. The Morgan fingerprint density at radius 2 is 1.68 bits per heavy atom. The van der Waals surface area contributed by atoms with E-state index in [9.17, 15) is 0 Å². The Kier molecular flexibility index (Phi) is 5.74. The van der Waals surface area contributed by atoms with E-state index >= 15 is 0 Å². The molecule has 0 bridgehead atoms. The smallest absolute Gasteiger partial charge is 0.0500 e. The first-order valence-electron chi connectivity index (χ1n) is 10.4. The van der Waals surface area contributed by atoms with Gasteiger partial charge in [-0.05, 0) is 62.6 Å². The van der Waals surface area contributed by atoms with Gasteiger partial charge < -0.3 is 9.64 Å². The lowest BCUT2D eigenvalue weighted by molar-refractivity contribution is 0.0967. The molecule has 0 N–H and O–H groups in total. The molecule has 2 saturated heterocycles. The topological polar surface area (TPSA) is 15.7 Å². The first-order chi connectivity index (χ1) is 12.3. The molecule has 3 atom stereocenters. The van der Waals surface area contributed by atoms with Crippen LogP contribution in [0, 0.1) is 24.7 Å². The van der Waals surface area contributed by atoms with E-state index in [-0.39, 0.29) is 0 Å². The molecule has 4 rings (SSSR count). The highest BCUT2D eigenvalue weighted by Gasteiger charge is 2.55. The number of benzene rings is 1. The Labute approximate surface area is 153 Å². The summed E-state index contributed by atoms with van der Waals surface area (Å²) in [7, 11) is 0. The molecule has 0 unspecified atom stereocenters. The minimum Gasteiger partial charge on any atom is -0.381 e. The molecule has 2 heterocycles. The second kappa shape index (κ2) is 8.20. The third-order valence-electron chi connectivity index (χ3n) is 6.50. The standard InChI is InChI=1S/C22H34N2O/c1-18-6-8-19(9-7-18)14-24-15-20-21(16-24)22(20)17-25-13-5-12-23-10-3-2-4-11-23/h6-9,20-22H,2-5,10-17H2,1H3/t20-,21+,22-. The quantitative estimate of drug-likeness (QED) is 0.672. The van der Waals surface area contributed by atoms with Gasteiger partial charge in [-0.1, -0.05) is 36.2 Å². The predicted molar refractivity (Wildman–Crippen MR) is 103 cm³/mol. The van der Waals surface area contributed by atoms with Crippen LogP contribution in [-0.2, 0) is 11.3 Å². The number of aryl methyl sites for hydroxylation is 1. The molecule has 138 valence electrons. The van der Waals surface area contributed by atoms with Gasteiger partial charge in [-0.2, -0.15) is 0 Å². The Balaban J connectivity index is 1.07. The average Bonchev–Trinajstić information content (AvgIpc) is 3.09. The fraction of sp³-hybridized carbons (Fsp3) is 0.727. The van der Waals surface area contributed by atoms with Crippen molar-refractivity contribution >= 4 is 0 Å². The summed E-state index contributed by atoms with van der Waals surface area (Å²) in [5.41, 5.74) is 2.81. The minimum atomic E-state index is 0.851. The summed E-state index contributed by atoms with van der Waals surface area (Å²) in [4.78, 5) is 5.24. The van der Waals surface area contributed by atoms with Crippen molar-refractivity contribution in [3.8, 4) is 0 Å². The van der Waals surface area contributed by atoms with Crippen molar-refractivity contribution in [2.24, 2.45) is 17.8 Å². The fourth-order valence-corrected chi connectivity index (χ4v) is 4.86. The van der Waals surface area contributed by atoms with Crippen LogP contribution < -0.4 is 0 Å². The van der Waals surface area contributed by atoms with E-state index in [4.69, 9.17) is 4.74 Å². The van der Waals surface area contributed by atoms with Gasteiger partial charge in [0.1, 0.15) is 0 Å². The van der Waals surface area contributed by atoms with E-state index in [1.54, 1.807) is 0 Å². The number of nitrogens with zero attached hydrogens (tertiary/aromatic N) is 2. The largest absolute Gasteiger partial charge is 0.381 e. The Hall–Kier alpha value is -0.900. The van der Waals surface area contributed by atoms with E-state index < -0.39 is 0 Å². The zero-order valence-electron chi connectivity index (χ0n) is 15.8. The summed E-state index contributed by atoms with van der Waals surface area (Å²) < 4.78 is 6.01. The van der Waals surface area contributed by atoms with Gasteiger partial charge in [0, 0.05) is 32.8 Å². The minimum absolute atomic E-state index is 0.851. The summed E-state index contributed by atoms with van der Waals surface area (Å²) in [5.74, 6) is 2.67. The molecule has 0 amide bonds. The Morgan fingerprint density at radius 3 is 2.40 bits per heavy atom. The van der Waals surface area contributed by atoms with Gasteiger partial charge in [0.2, 0.25) is 0 Å². The molecule has 3 heteroatoms. The molecular formula is C22H34N2O. The third-order valence-corrected chi connectivity index (χ3v) is 6.50. The van der Waals surface area contributed by atoms with Crippen LogP contribution in [0.4, 0.5) is 0 Å². The number of ether oxygens (including phenoxy) is 1. The number of rotatable bonds is 8. The summed E-state index contributed by atoms with van der Waals surface area (Å²) in [5, 5.41) is 0. The lowest BCUT2D eigenvalue weighted by Gasteiger charge is -2.26. The van der Waals surface area contributed by atoms with E-state index in [0.717, 1.165) is 37.5 Å². The van der Waals surface area contributed by atoms with Crippen molar-refractivity contribution in [1.29, 1.82) is 0 Å². The normalized spacial score (nSPS) is 29.7. The van der Waals surface area contributed by atoms with Gasteiger partial charge in [0.05, 0.1) is 6.61 Å². The van der Waals surface area contributed by atoms with Crippen molar-refractivity contribution < 1.29 is 4.74 Å². The second-order valence-electron chi connectivity index (χ2n) is 8.50. The van der Waals surface area contributed by atoms with E-state index in [0.29, 0.717) is 0 Å². The van der Waals surface area contributed by atoms with E-state index in [1.165, 1.54) is 69.5 Å². The van der Waals surface area contributed by atoms with E-state index in [2.05, 4.69) is 41.0 Å². The SMILES string of the molecule is Cc1ccc(CN2C[C@@H]3[C@H](COCCCN4CCCCC4)[C@@H]3C2)cc1. The molecule has 3 nitrogen and oxygen atoms in total. The molecule has 0 aromatic heterocycles. The van der Waals surface area contributed by atoms with Crippen LogP contribution in [0.15, 0.2) is 24.3 Å². The van der Waals surface area contributed by atoms with Crippen molar-refractivity contribution in [2.45, 2.75) is 39.2 Å². The highest BCUT2D eigenvalue weighted by molar-refractivity contribution is 5.21. The van der Waals surface area contributed by atoms with Gasteiger partial charge in [0.25, 0.3) is 0 Å². The third kappa shape index (κ3) is 4.64. The van der Waals surface area contributed by atoms with Gasteiger partial charge in [-0.25, -0.2) is 0 Å². The number of fused-ring (bicyclic) bond motifs is 1. The molecule has 0 radical (unpaired) electrons. The zero-order chi connectivity index (χ0) is 17.1. The summed E-state index contributed by atoms with van der Waals surface area (Å²) in [6, 6.07) is 9.02. The first kappa shape index (κ1) is 17.5. The van der Waals surface area contributed by atoms with Crippen LogP contribution in [0.5, 0.6) is 0 Å². The maximum Gasteiger partial charge on any atom is 0.0500 e. The molecule has 3 fully saturated rings. The predicted octanol–water partition coefficient (Wildman–Crippen LogP) is 3.57. The molecule has 2 aliphatic heterocycles. The van der Waals surface area contributed by atoms with Gasteiger partial charge >= 0.3 is 0 Å². The number of hydrogen-bond donors (Lipinski definition) is 0. The van der Waals surface area contributed by atoms with Crippen LogP contribution in [0.3, 0.4) is 0 Å². The zero-order valence-corrected chi connectivity index (χ0v) is 15.8. The molecule has 1 aromatic rings. The number of piperidine rings is 2. The van der Waals surface area contributed by atoms with Crippen LogP contribution >= 0.6 is 0 Å². The number of likely N-dealkylation sites (tertiary alicyclic amines) is 2. The molecule has 1 saturated carbocycles. The maximum atomic E-state index is 6.01. The monoisotopic (exact) mass is 342 g/mol. The van der Waals surface area contributed by atoms with Crippen molar-refractivity contribution in [2.75, 3.05) is 45.9 Å². The van der Waals surface area contributed by atoms with Crippen LogP contribution in [0.2, 0.25) is 0 Å². The summed E-state index contributed by atoms with van der Waals surface area (Å²) in [6.45, 7) is 11.7. The van der Waals surface area contributed by atoms with Gasteiger partial charge in [0.15, 0.2) is 0 Å². The first-order valence-corrected chi connectivity index (χ1v) is 10.4. The van der Waals surface area contributed by atoms with Crippen molar-refractivity contribution in [3.63, 3.8) is 0 Å². The van der Waals surface area contributed by atoms with Crippen molar-refractivity contribution in [1.82, 2.24) is 9.80 Å². The highest BCUT2D eigenvalue weighted by Crippen LogP contribution is 2.51. The molecule has 0 spiro atoms. The average molecular weight is 343 g/mol. The lowest BCUT2D eigenvalue weighted by atomic mass is 10.1. The molecule has 3 aliphatic rings. The lowest BCUT2D eigenvalue weighted by Crippen LogP contribution is -2.31. The van der Waals surface area contributed by atoms with Gasteiger partial charge in [-0.15, -0.1) is 0 Å². The van der Waals surface area contributed by atoms with Crippen LogP contribution in [0.1, 0.15) is 36.8 Å². The maximum absolute atomic E-state index is 6.01. The van der Waals surface area contributed by atoms with Crippen LogP contribution in [0.25, 0.3) is 0 Å². The summed E-state index contributed by atoms with van der Waals surface area (Å²) in [6.07, 6.45) is 5.43. The Bertz CT molecular complexity index is 525. The molecule has 1 aromatic carbocycles. The summed E-state index contributed by atoms with van der Waals surface area (Å²) >= 11 is 0. The molecular weight excluding hydrogens is 308 g/mol. The number of hydrogen-bond acceptors (Lipinski definition) is 3. The van der Waals surface area contributed by atoms with Crippen molar-refractivity contribution in [3.05, 3.63) is 35.4 Å². The van der Waals surface area contributed by atoms with Crippen LogP contribution in [-0.4, -0.2) is 55.7 Å². The van der Waals surface area contributed by atoms with E-state index in [1.807, 2.05) is 0 Å². The highest BCUT2D eigenvalue weighted by atomic mass is 16.5. The molecule has 25 heavy (non-hydrogen) atoms. The second-order valence-corrected chi connectivity index (χ2v) is 8.50. The molecule has 1 aliphatic carbocycles. The Morgan fingerprint density at radius 1 is 0.960 bits per heavy atom. The van der Waals surface area contributed by atoms with Gasteiger partial charge in [-0.3, -0.25) is 4.90 Å².